The fraction of sp³-hybridized carbons (Fsp3) is 0.222. The molecule has 0 spiro atoms. The minimum absolute atomic E-state index is 0.741. The van der Waals surface area contributed by atoms with E-state index >= 15 is 0 Å². The van der Waals surface area contributed by atoms with Gasteiger partial charge in [0.15, 0.2) is 0 Å². The molecule has 1 saturated heterocycles. The topological polar surface area (TPSA) is 30.3 Å². The maximum Gasteiger partial charge on any atom is 0.0998 e. The fourth-order valence-electron chi connectivity index (χ4n) is 4.59. The highest BCUT2D eigenvalue weighted by Gasteiger charge is 2.21. The number of hydrogen-bond acceptors (Lipinski definition) is 3. The number of benzene rings is 4. The first-order valence-electron chi connectivity index (χ1n) is 10.8. The number of hydrogen-bond donors (Lipinski definition) is 0. The van der Waals surface area contributed by atoms with Gasteiger partial charge in [0, 0.05) is 30.4 Å². The Labute approximate surface area is 177 Å². The Morgan fingerprint density at radius 1 is 0.733 bits per heavy atom. The van der Waals surface area contributed by atoms with Crippen LogP contribution in [0.5, 0.6) is 0 Å². The largest absolute Gasteiger partial charge is 0.305 e. The standard InChI is InChI=1S/C27H25N3/c28-19-24-14-15-27(26-11-5-4-10-25(24)26)30-17-7-1-6-16-29(30)20-21-12-13-22-8-2-3-9-23(22)18-21/h2-5,8-15,18H,1,6-7,16-17,20H2. The molecule has 0 atom stereocenters. The van der Waals surface area contributed by atoms with Crippen molar-refractivity contribution in [2.75, 3.05) is 18.1 Å². The molecule has 1 aliphatic heterocycles. The number of anilines is 1. The molecule has 1 aliphatic rings. The Hall–Kier alpha value is -3.35. The summed E-state index contributed by atoms with van der Waals surface area (Å²) in [6.45, 7) is 2.93. The molecule has 0 saturated carbocycles. The third kappa shape index (κ3) is 3.51. The maximum atomic E-state index is 9.54. The zero-order chi connectivity index (χ0) is 20.3. The van der Waals surface area contributed by atoms with E-state index in [9.17, 15) is 5.26 Å². The lowest BCUT2D eigenvalue weighted by molar-refractivity contribution is 0.253. The molecule has 0 N–H and O–H groups in total. The summed E-state index contributed by atoms with van der Waals surface area (Å²) in [7, 11) is 0. The van der Waals surface area contributed by atoms with Crippen molar-refractivity contribution in [3.05, 3.63) is 90.0 Å². The molecule has 4 aromatic carbocycles. The number of nitriles is 1. The molecule has 0 aromatic heterocycles. The highest BCUT2D eigenvalue weighted by Crippen LogP contribution is 2.32. The van der Waals surface area contributed by atoms with Gasteiger partial charge in [0.25, 0.3) is 0 Å². The van der Waals surface area contributed by atoms with Crippen molar-refractivity contribution < 1.29 is 0 Å². The van der Waals surface area contributed by atoms with Gasteiger partial charge < -0.3 is 5.01 Å². The molecule has 4 aromatic rings. The van der Waals surface area contributed by atoms with Crippen LogP contribution in [0.25, 0.3) is 21.5 Å². The van der Waals surface area contributed by atoms with E-state index in [0.29, 0.717) is 0 Å². The summed E-state index contributed by atoms with van der Waals surface area (Å²) in [5.41, 5.74) is 3.27. The number of nitrogens with zero attached hydrogens (tertiary/aromatic N) is 3. The van der Waals surface area contributed by atoms with Crippen LogP contribution in [0.4, 0.5) is 5.69 Å². The average molecular weight is 392 g/mol. The van der Waals surface area contributed by atoms with Crippen LogP contribution in [0.1, 0.15) is 30.4 Å². The maximum absolute atomic E-state index is 9.54. The molecule has 0 amide bonds. The van der Waals surface area contributed by atoms with Crippen LogP contribution in [0.15, 0.2) is 78.9 Å². The lowest BCUT2D eigenvalue weighted by Gasteiger charge is -2.36. The van der Waals surface area contributed by atoms with Crippen molar-refractivity contribution in [3.63, 3.8) is 0 Å². The zero-order valence-corrected chi connectivity index (χ0v) is 17.1. The molecule has 30 heavy (non-hydrogen) atoms. The van der Waals surface area contributed by atoms with Crippen molar-refractivity contribution in [1.29, 1.82) is 5.26 Å². The minimum atomic E-state index is 0.741. The van der Waals surface area contributed by atoms with Crippen LogP contribution >= 0.6 is 0 Å². The quantitative estimate of drug-likeness (QED) is 0.412. The first-order valence-corrected chi connectivity index (χ1v) is 10.8. The molecule has 5 rings (SSSR count). The number of fused-ring (bicyclic) bond motifs is 2. The van der Waals surface area contributed by atoms with Gasteiger partial charge >= 0.3 is 0 Å². The molecule has 1 heterocycles. The Balaban J connectivity index is 1.54. The Kier molecular flexibility index (Phi) is 5.09. The van der Waals surface area contributed by atoms with Gasteiger partial charge in [-0.1, -0.05) is 67.1 Å². The van der Waals surface area contributed by atoms with Gasteiger partial charge in [-0.25, -0.2) is 5.01 Å². The number of rotatable bonds is 3. The average Bonchev–Trinajstić information content (AvgIpc) is 3.03. The SMILES string of the molecule is N#Cc1ccc(N2CCCCCN2Cc2ccc3ccccc3c2)c2ccccc12. The van der Waals surface area contributed by atoms with Crippen LogP contribution in [-0.4, -0.2) is 18.1 Å². The first-order chi connectivity index (χ1) is 14.8. The van der Waals surface area contributed by atoms with Crippen molar-refractivity contribution in [3.8, 4) is 6.07 Å². The third-order valence-electron chi connectivity index (χ3n) is 6.11. The summed E-state index contributed by atoms with van der Waals surface area (Å²) in [5, 5.41) is 19.2. The van der Waals surface area contributed by atoms with Crippen LogP contribution in [0.2, 0.25) is 0 Å². The van der Waals surface area contributed by atoms with E-state index in [1.54, 1.807) is 0 Å². The smallest absolute Gasteiger partial charge is 0.0998 e. The minimum Gasteiger partial charge on any atom is -0.305 e. The van der Waals surface area contributed by atoms with Crippen LogP contribution in [0.3, 0.4) is 0 Å². The van der Waals surface area contributed by atoms with E-state index in [1.807, 2.05) is 12.1 Å². The van der Waals surface area contributed by atoms with Crippen LogP contribution in [0, 0.1) is 11.3 Å². The first kappa shape index (κ1) is 18.7. The van der Waals surface area contributed by atoms with Crippen molar-refractivity contribution in [1.82, 2.24) is 5.01 Å². The highest BCUT2D eigenvalue weighted by molar-refractivity contribution is 5.97. The van der Waals surface area contributed by atoms with Crippen LogP contribution in [-0.2, 0) is 6.54 Å². The molecule has 3 nitrogen and oxygen atoms in total. The molecule has 148 valence electrons. The predicted octanol–water partition coefficient (Wildman–Crippen LogP) is 6.27. The number of hydrazine groups is 1. The lowest BCUT2D eigenvalue weighted by Crippen LogP contribution is -2.42. The van der Waals surface area contributed by atoms with Gasteiger partial charge in [-0.2, -0.15) is 5.26 Å². The van der Waals surface area contributed by atoms with E-state index < -0.39 is 0 Å². The zero-order valence-electron chi connectivity index (χ0n) is 17.1. The lowest BCUT2D eigenvalue weighted by atomic mass is 10.0. The molecule has 0 bridgehead atoms. The molecule has 1 fully saturated rings. The Bertz CT molecular complexity index is 1240. The monoisotopic (exact) mass is 391 g/mol. The van der Waals surface area contributed by atoms with Gasteiger partial charge in [0.1, 0.15) is 0 Å². The van der Waals surface area contributed by atoms with Crippen molar-refractivity contribution >= 4 is 27.2 Å². The third-order valence-corrected chi connectivity index (χ3v) is 6.11. The fourth-order valence-corrected chi connectivity index (χ4v) is 4.59. The normalized spacial score (nSPS) is 15.2. The molecule has 0 radical (unpaired) electrons. The second kappa shape index (κ2) is 8.18. The molecular formula is C27H25N3. The second-order valence-corrected chi connectivity index (χ2v) is 8.04. The summed E-state index contributed by atoms with van der Waals surface area (Å²) in [5.74, 6) is 0. The second-order valence-electron chi connectivity index (χ2n) is 8.04. The summed E-state index contributed by atoms with van der Waals surface area (Å²) in [6, 6.07) is 30.1. The van der Waals surface area contributed by atoms with E-state index in [0.717, 1.165) is 36.0 Å². The van der Waals surface area contributed by atoms with E-state index in [1.165, 1.54) is 41.3 Å². The van der Waals surface area contributed by atoms with E-state index in [4.69, 9.17) is 0 Å². The summed E-state index contributed by atoms with van der Waals surface area (Å²) in [4.78, 5) is 0. The molecule has 0 aliphatic carbocycles. The van der Waals surface area contributed by atoms with Gasteiger partial charge in [0.05, 0.1) is 17.3 Å². The van der Waals surface area contributed by atoms with Gasteiger partial charge in [-0.3, -0.25) is 0 Å². The molecule has 3 heteroatoms. The molecular weight excluding hydrogens is 366 g/mol. The highest BCUT2D eigenvalue weighted by atomic mass is 15.6. The van der Waals surface area contributed by atoms with Crippen LogP contribution < -0.4 is 5.01 Å². The van der Waals surface area contributed by atoms with E-state index in [2.05, 4.69) is 82.8 Å². The van der Waals surface area contributed by atoms with Gasteiger partial charge in [-0.15, -0.1) is 0 Å². The Morgan fingerprint density at radius 3 is 2.37 bits per heavy atom. The summed E-state index contributed by atoms with van der Waals surface area (Å²) < 4.78 is 0. The molecule has 0 unspecified atom stereocenters. The summed E-state index contributed by atoms with van der Waals surface area (Å²) in [6.07, 6.45) is 3.64. The Morgan fingerprint density at radius 2 is 1.50 bits per heavy atom. The van der Waals surface area contributed by atoms with Gasteiger partial charge in [0.2, 0.25) is 0 Å². The summed E-state index contributed by atoms with van der Waals surface area (Å²) >= 11 is 0. The van der Waals surface area contributed by atoms with Crippen molar-refractivity contribution in [2.24, 2.45) is 0 Å². The van der Waals surface area contributed by atoms with E-state index in [-0.39, 0.29) is 0 Å². The van der Waals surface area contributed by atoms with Gasteiger partial charge in [-0.05, 0) is 47.4 Å². The van der Waals surface area contributed by atoms with Crippen molar-refractivity contribution in [2.45, 2.75) is 25.8 Å². The predicted molar refractivity (Wildman–Crippen MR) is 124 cm³/mol.